The highest BCUT2D eigenvalue weighted by Crippen LogP contribution is 2.39. The average Bonchev–Trinajstić information content (AvgIpc) is 3.39. The molecule has 6 aromatic rings. The van der Waals surface area contributed by atoms with Gasteiger partial charge in [-0.3, -0.25) is 19.6 Å². The van der Waals surface area contributed by atoms with E-state index in [0.29, 0.717) is 49.4 Å². The number of nitrogens with zero attached hydrogens (tertiary/aromatic N) is 6. The van der Waals surface area contributed by atoms with Gasteiger partial charge in [0.25, 0.3) is 11.8 Å². The SMILES string of the molecule is O=C(ON1C(=O)CCc2cccc(OCCCN3CCC(Cc4ccc5ccccc5n4)CC3)c21)C(=O)ON1C(=O)CCc2cccc(OCCCN3CCC(Cc4ccc5ccccc5n4)CC3)c21. The number of benzene rings is 4. The van der Waals surface area contributed by atoms with Crippen LogP contribution in [0, 0.1) is 11.8 Å². The molecule has 0 unspecified atom stereocenters. The Morgan fingerprint density at radius 3 is 1.37 bits per heavy atom. The molecule has 2 saturated heterocycles. The van der Waals surface area contributed by atoms with Crippen LogP contribution in [-0.2, 0) is 54.5 Å². The molecular weight excluding hydrogens is 885 g/mol. The number of piperidine rings is 2. The van der Waals surface area contributed by atoms with Crippen LogP contribution in [0.4, 0.5) is 11.4 Å². The van der Waals surface area contributed by atoms with Crippen LogP contribution < -0.4 is 19.6 Å². The van der Waals surface area contributed by atoms with Gasteiger partial charge in [0.2, 0.25) is 0 Å². The van der Waals surface area contributed by atoms with E-state index in [1.807, 2.05) is 48.5 Å². The number of fused-ring (bicyclic) bond motifs is 4. The normalized spacial score (nSPS) is 17.1. The number of aromatic nitrogens is 2. The van der Waals surface area contributed by atoms with Gasteiger partial charge < -0.3 is 28.9 Å². The van der Waals surface area contributed by atoms with Gasteiger partial charge in [0, 0.05) is 48.1 Å². The lowest BCUT2D eigenvalue weighted by atomic mass is 9.91. The Balaban J connectivity index is 0.690. The zero-order valence-electron chi connectivity index (χ0n) is 39.6. The molecule has 0 saturated carbocycles. The summed E-state index contributed by atoms with van der Waals surface area (Å²) in [4.78, 5) is 79.3. The number of hydrogen-bond acceptors (Lipinski definition) is 12. The number of hydroxylamine groups is 2. The lowest BCUT2D eigenvalue weighted by Crippen LogP contribution is -2.43. The maximum atomic E-state index is 13.5. The van der Waals surface area contributed by atoms with E-state index < -0.39 is 23.8 Å². The second-order valence-corrected chi connectivity index (χ2v) is 19.0. The molecule has 14 heteroatoms. The maximum absolute atomic E-state index is 13.5. The molecule has 0 atom stereocenters. The summed E-state index contributed by atoms with van der Waals surface area (Å²) >= 11 is 0. The summed E-state index contributed by atoms with van der Waals surface area (Å²) in [5, 5.41) is 3.99. The second-order valence-electron chi connectivity index (χ2n) is 19.0. The Bertz CT molecular complexity index is 2660. The van der Waals surface area contributed by atoms with Crippen LogP contribution in [0.25, 0.3) is 21.8 Å². The molecule has 2 amide bonds. The van der Waals surface area contributed by atoms with Crippen molar-refractivity contribution < 1.29 is 38.3 Å². The minimum absolute atomic E-state index is 0.0619. The Labute approximate surface area is 408 Å². The topological polar surface area (TPSA) is 144 Å². The van der Waals surface area contributed by atoms with Crippen molar-refractivity contribution in [3.05, 3.63) is 132 Å². The predicted octanol–water partition coefficient (Wildman–Crippen LogP) is 8.41. The smallest absolute Gasteiger partial charge is 0.444 e. The summed E-state index contributed by atoms with van der Waals surface area (Å²) in [7, 11) is 0. The van der Waals surface area contributed by atoms with Gasteiger partial charge in [-0.1, -0.05) is 72.8 Å². The van der Waals surface area contributed by atoms with Crippen molar-refractivity contribution in [2.24, 2.45) is 11.8 Å². The van der Waals surface area contributed by atoms with Crippen molar-refractivity contribution in [1.82, 2.24) is 19.8 Å². The number of carbonyl (C=O) groups excluding carboxylic acids is 4. The zero-order chi connectivity index (χ0) is 47.8. The first kappa shape index (κ1) is 46.8. The minimum Gasteiger partial charge on any atom is -0.491 e. The highest BCUT2D eigenvalue weighted by molar-refractivity contribution is 6.31. The molecule has 6 heterocycles. The first-order valence-electron chi connectivity index (χ1n) is 25.0. The van der Waals surface area contributed by atoms with Gasteiger partial charge in [-0.15, -0.1) is 10.1 Å². The largest absolute Gasteiger partial charge is 0.491 e. The molecule has 10 rings (SSSR count). The minimum atomic E-state index is -1.45. The number of ether oxygens (including phenoxy) is 2. The Kier molecular flexibility index (Phi) is 14.6. The third kappa shape index (κ3) is 11.1. The van der Waals surface area contributed by atoms with Crippen LogP contribution in [0.2, 0.25) is 0 Å². The number of para-hydroxylation sites is 4. The summed E-state index contributed by atoms with van der Waals surface area (Å²) in [6.45, 7) is 6.48. The Morgan fingerprint density at radius 1 is 0.500 bits per heavy atom. The van der Waals surface area contributed by atoms with Crippen molar-refractivity contribution in [3.8, 4) is 11.5 Å². The molecule has 2 fully saturated rings. The number of hydrogen-bond donors (Lipinski definition) is 0. The van der Waals surface area contributed by atoms with E-state index in [4.69, 9.17) is 29.1 Å². The van der Waals surface area contributed by atoms with Gasteiger partial charge >= 0.3 is 11.9 Å². The summed E-state index contributed by atoms with van der Waals surface area (Å²) in [6.07, 6.45) is 8.83. The van der Waals surface area contributed by atoms with Crippen LogP contribution in [0.1, 0.15) is 73.9 Å². The molecule has 0 aliphatic carbocycles. The number of carbonyl (C=O) groups is 4. The molecule has 4 aliphatic rings. The molecule has 2 aromatic heterocycles. The van der Waals surface area contributed by atoms with E-state index in [0.717, 1.165) is 145 Å². The van der Waals surface area contributed by atoms with Gasteiger partial charge in [0.15, 0.2) is 0 Å². The molecule has 4 aromatic carbocycles. The van der Waals surface area contributed by atoms with Crippen molar-refractivity contribution >= 4 is 56.9 Å². The van der Waals surface area contributed by atoms with Gasteiger partial charge in [-0.05, 0) is 150 Å². The molecule has 0 radical (unpaired) electrons. The fraction of sp³-hybridized carbons (Fsp3) is 0.393. The van der Waals surface area contributed by atoms with Crippen molar-refractivity contribution in [2.45, 2.75) is 77.0 Å². The summed E-state index contributed by atoms with van der Waals surface area (Å²) in [5.74, 6) is -2.00. The van der Waals surface area contributed by atoms with Gasteiger partial charge in [0.05, 0.1) is 24.2 Å². The standard InChI is InChI=1S/C56H60N6O8/c63-51-23-19-43-11-5-15-49(67-35-7-29-59-31-25-39(26-32-59)37-45-21-17-41-9-1-3-13-47(41)57-45)53(43)61(51)69-55(65)56(66)70-62-52(64)24-20-44-12-6-16-50(54(44)62)68-36-8-30-60-33-27-40(28-34-60)38-46-22-18-42-10-2-4-14-48(42)58-46/h1-6,9-18,21-22,39-40H,7-8,19-20,23-38H2. The van der Waals surface area contributed by atoms with E-state index in [-0.39, 0.29) is 24.2 Å². The molecule has 4 aliphatic heterocycles. The zero-order valence-corrected chi connectivity index (χ0v) is 39.6. The predicted molar refractivity (Wildman–Crippen MR) is 266 cm³/mol. The third-order valence-corrected chi connectivity index (χ3v) is 14.2. The van der Waals surface area contributed by atoms with E-state index in [1.165, 1.54) is 0 Å². The van der Waals surface area contributed by atoms with Crippen LogP contribution in [-0.4, -0.2) is 96.0 Å². The molecule has 14 nitrogen and oxygen atoms in total. The first-order chi connectivity index (χ1) is 34.3. The molecule has 0 spiro atoms. The number of aryl methyl sites for hydroxylation is 2. The molecule has 0 N–H and O–H groups in total. The fourth-order valence-corrected chi connectivity index (χ4v) is 10.4. The Hall–Kier alpha value is -6.90. The van der Waals surface area contributed by atoms with Crippen molar-refractivity contribution in [3.63, 3.8) is 0 Å². The molecular formula is C56H60N6O8. The molecule has 70 heavy (non-hydrogen) atoms. The quantitative estimate of drug-likeness (QED) is 0.0679. The third-order valence-electron chi connectivity index (χ3n) is 14.2. The summed E-state index contributed by atoms with van der Waals surface area (Å²) in [6, 6.07) is 35.9. The van der Waals surface area contributed by atoms with Crippen molar-refractivity contribution in [2.75, 3.05) is 62.6 Å². The summed E-state index contributed by atoms with van der Waals surface area (Å²) in [5.41, 5.74) is 6.40. The molecule has 0 bridgehead atoms. The number of anilines is 2. The van der Waals surface area contributed by atoms with Crippen LogP contribution in [0.15, 0.2) is 109 Å². The van der Waals surface area contributed by atoms with E-state index in [1.54, 1.807) is 12.1 Å². The second kappa shape index (κ2) is 21.8. The first-order valence-corrected chi connectivity index (χ1v) is 25.0. The van der Waals surface area contributed by atoms with Crippen LogP contribution in [0.5, 0.6) is 11.5 Å². The highest BCUT2D eigenvalue weighted by Gasteiger charge is 2.37. The number of likely N-dealkylation sites (tertiary alicyclic amines) is 2. The van der Waals surface area contributed by atoms with Gasteiger partial charge in [-0.25, -0.2) is 9.59 Å². The lowest BCUT2D eigenvalue weighted by Gasteiger charge is -2.32. The van der Waals surface area contributed by atoms with Crippen LogP contribution >= 0.6 is 0 Å². The van der Waals surface area contributed by atoms with E-state index in [2.05, 4.69) is 58.3 Å². The summed E-state index contributed by atoms with van der Waals surface area (Å²) < 4.78 is 12.5. The van der Waals surface area contributed by atoms with Gasteiger partial charge in [-0.2, -0.15) is 0 Å². The monoisotopic (exact) mass is 944 g/mol. The maximum Gasteiger partial charge on any atom is 0.444 e. The highest BCUT2D eigenvalue weighted by atomic mass is 16.8. The van der Waals surface area contributed by atoms with E-state index in [9.17, 15) is 19.2 Å². The average molecular weight is 945 g/mol. The Morgan fingerprint density at radius 2 is 0.929 bits per heavy atom. The van der Waals surface area contributed by atoms with Gasteiger partial charge in [0.1, 0.15) is 22.9 Å². The number of pyridine rings is 2. The number of rotatable bonds is 16. The van der Waals surface area contributed by atoms with Crippen LogP contribution in [0.3, 0.4) is 0 Å². The lowest BCUT2D eigenvalue weighted by molar-refractivity contribution is -0.172. The molecule has 362 valence electrons. The van der Waals surface area contributed by atoms with Crippen molar-refractivity contribution in [1.29, 1.82) is 0 Å². The fourth-order valence-electron chi connectivity index (χ4n) is 10.4. The van der Waals surface area contributed by atoms with E-state index >= 15 is 0 Å². The number of amides is 2.